The lowest BCUT2D eigenvalue weighted by molar-refractivity contribution is 0.00544. The van der Waals surface area contributed by atoms with Crippen molar-refractivity contribution in [1.82, 2.24) is 0 Å². The third-order valence-corrected chi connectivity index (χ3v) is 2.78. The number of ether oxygens (including phenoxy) is 2. The van der Waals surface area contributed by atoms with Gasteiger partial charge in [0.15, 0.2) is 0 Å². The molecular weight excluding hydrogens is 238 g/mol. The molecule has 4 nitrogen and oxygen atoms in total. The first-order valence-corrected chi connectivity index (χ1v) is 5.69. The highest BCUT2D eigenvalue weighted by atomic mass is 19.1. The van der Waals surface area contributed by atoms with Crippen LogP contribution in [0.5, 0.6) is 5.75 Å². The first-order valence-electron chi connectivity index (χ1n) is 5.69. The van der Waals surface area contributed by atoms with Gasteiger partial charge in [-0.2, -0.15) is 0 Å². The molecule has 0 heterocycles. The molecule has 0 unspecified atom stereocenters. The molecule has 18 heavy (non-hydrogen) atoms. The highest BCUT2D eigenvalue weighted by molar-refractivity contribution is 6.58. The predicted molar refractivity (Wildman–Crippen MR) is 67.4 cm³/mol. The number of hydrogen-bond donors (Lipinski definition) is 2. The van der Waals surface area contributed by atoms with Crippen molar-refractivity contribution in [1.29, 1.82) is 0 Å². The highest BCUT2D eigenvalue weighted by Crippen LogP contribution is 2.16. The zero-order valence-electron chi connectivity index (χ0n) is 10.8. The number of halogens is 1. The third kappa shape index (κ3) is 4.29. The normalized spacial score (nSPS) is 11.4. The van der Waals surface area contributed by atoms with Crippen molar-refractivity contribution in [3.8, 4) is 5.75 Å². The lowest BCUT2D eigenvalue weighted by atomic mass is 9.80. The molecule has 0 amide bonds. The van der Waals surface area contributed by atoms with Crippen LogP contribution in [0.3, 0.4) is 0 Å². The molecule has 0 saturated heterocycles. The molecule has 0 aliphatic rings. The van der Waals surface area contributed by atoms with Gasteiger partial charge in [0, 0.05) is 25.1 Å². The molecule has 0 spiro atoms. The largest absolute Gasteiger partial charge is 0.493 e. The Morgan fingerprint density at radius 1 is 1.33 bits per heavy atom. The average Bonchev–Trinajstić information content (AvgIpc) is 2.28. The van der Waals surface area contributed by atoms with E-state index in [-0.39, 0.29) is 11.1 Å². The maximum absolute atomic E-state index is 13.4. The molecule has 0 radical (unpaired) electrons. The van der Waals surface area contributed by atoms with Crippen molar-refractivity contribution >= 4 is 12.6 Å². The summed E-state index contributed by atoms with van der Waals surface area (Å²) in [6.07, 6.45) is 0.662. The summed E-state index contributed by atoms with van der Waals surface area (Å²) < 4.78 is 24.0. The van der Waals surface area contributed by atoms with Gasteiger partial charge >= 0.3 is 7.12 Å². The Labute approximate surface area is 106 Å². The van der Waals surface area contributed by atoms with Crippen LogP contribution in [-0.2, 0) is 4.74 Å². The van der Waals surface area contributed by atoms with Crippen molar-refractivity contribution in [3.63, 3.8) is 0 Å². The van der Waals surface area contributed by atoms with E-state index in [4.69, 9.17) is 19.5 Å². The van der Waals surface area contributed by atoms with Gasteiger partial charge in [-0.3, -0.25) is 0 Å². The topological polar surface area (TPSA) is 58.9 Å². The van der Waals surface area contributed by atoms with Gasteiger partial charge in [-0.05, 0) is 19.9 Å². The van der Waals surface area contributed by atoms with Gasteiger partial charge in [-0.25, -0.2) is 4.39 Å². The van der Waals surface area contributed by atoms with Gasteiger partial charge in [-0.1, -0.05) is 6.07 Å². The molecule has 0 aliphatic heterocycles. The van der Waals surface area contributed by atoms with Gasteiger partial charge < -0.3 is 19.5 Å². The fourth-order valence-corrected chi connectivity index (χ4v) is 1.32. The van der Waals surface area contributed by atoms with Crippen LogP contribution >= 0.6 is 0 Å². The molecule has 2 N–H and O–H groups in total. The van der Waals surface area contributed by atoms with Crippen LogP contribution in [0.25, 0.3) is 0 Å². The molecule has 0 aliphatic carbocycles. The Balaban J connectivity index is 2.57. The number of benzene rings is 1. The Morgan fingerprint density at radius 3 is 2.50 bits per heavy atom. The van der Waals surface area contributed by atoms with E-state index in [9.17, 15) is 4.39 Å². The van der Waals surface area contributed by atoms with Gasteiger partial charge in [0.1, 0.15) is 11.6 Å². The first kappa shape index (κ1) is 15.0. The minimum atomic E-state index is -1.81. The Kier molecular flexibility index (Phi) is 5.13. The Morgan fingerprint density at radius 2 is 2.00 bits per heavy atom. The Hall–Kier alpha value is -1.11. The molecule has 1 aromatic rings. The first-order chi connectivity index (χ1) is 8.35. The standard InChI is InChI=1S/C12H18BFO4/c1-12(2,17-3)6-7-18-9-4-5-10(13(15)16)11(14)8-9/h4-5,8,15-16H,6-7H2,1-3H3. The Bertz CT molecular complexity index is 396. The van der Waals surface area contributed by atoms with Crippen molar-refractivity contribution < 1.29 is 23.9 Å². The fraction of sp³-hybridized carbons (Fsp3) is 0.500. The van der Waals surface area contributed by atoms with Gasteiger partial charge in [-0.15, -0.1) is 0 Å². The maximum Gasteiger partial charge on any atom is 0.491 e. The van der Waals surface area contributed by atoms with Crippen LogP contribution in [0, 0.1) is 5.82 Å². The smallest absolute Gasteiger partial charge is 0.491 e. The van der Waals surface area contributed by atoms with Gasteiger partial charge in [0.25, 0.3) is 0 Å². The highest BCUT2D eigenvalue weighted by Gasteiger charge is 2.18. The quantitative estimate of drug-likeness (QED) is 0.735. The van der Waals surface area contributed by atoms with Crippen LogP contribution in [0.1, 0.15) is 20.3 Å². The second-order valence-corrected chi connectivity index (χ2v) is 4.62. The number of methoxy groups -OCH3 is 1. The molecule has 0 fully saturated rings. The molecule has 100 valence electrons. The summed E-state index contributed by atoms with van der Waals surface area (Å²) >= 11 is 0. The second-order valence-electron chi connectivity index (χ2n) is 4.62. The summed E-state index contributed by atoms with van der Waals surface area (Å²) in [4.78, 5) is 0. The minimum Gasteiger partial charge on any atom is -0.493 e. The van der Waals surface area contributed by atoms with Crippen LogP contribution < -0.4 is 10.2 Å². The van der Waals surface area contributed by atoms with Crippen molar-refractivity contribution in [2.24, 2.45) is 0 Å². The van der Waals surface area contributed by atoms with Crippen LogP contribution in [0.4, 0.5) is 4.39 Å². The monoisotopic (exact) mass is 256 g/mol. The molecule has 1 rings (SSSR count). The summed E-state index contributed by atoms with van der Waals surface area (Å²) in [5.41, 5.74) is -0.459. The summed E-state index contributed by atoms with van der Waals surface area (Å²) in [7, 11) is -0.191. The van der Waals surface area contributed by atoms with E-state index in [0.29, 0.717) is 18.8 Å². The van der Waals surface area contributed by atoms with E-state index in [2.05, 4.69) is 0 Å². The number of rotatable bonds is 6. The zero-order chi connectivity index (χ0) is 13.8. The SMILES string of the molecule is COC(C)(C)CCOc1ccc(B(O)O)c(F)c1. The van der Waals surface area contributed by atoms with E-state index in [1.807, 2.05) is 13.8 Å². The third-order valence-electron chi connectivity index (χ3n) is 2.78. The van der Waals surface area contributed by atoms with E-state index >= 15 is 0 Å². The summed E-state index contributed by atoms with van der Waals surface area (Å²) in [5.74, 6) is -0.350. The van der Waals surface area contributed by atoms with E-state index in [1.54, 1.807) is 7.11 Å². The second kappa shape index (κ2) is 6.18. The predicted octanol–water partition coefficient (Wildman–Crippen LogP) is 0.699. The van der Waals surface area contributed by atoms with E-state index in [0.717, 1.165) is 6.07 Å². The van der Waals surface area contributed by atoms with Crippen molar-refractivity contribution in [3.05, 3.63) is 24.0 Å². The summed E-state index contributed by atoms with van der Waals surface area (Å²) in [6, 6.07) is 3.92. The fourth-order valence-electron chi connectivity index (χ4n) is 1.32. The van der Waals surface area contributed by atoms with Crippen LogP contribution in [-0.4, -0.2) is 36.5 Å². The maximum atomic E-state index is 13.4. The molecule has 0 aromatic heterocycles. The van der Waals surface area contributed by atoms with E-state index in [1.165, 1.54) is 12.1 Å². The van der Waals surface area contributed by atoms with E-state index < -0.39 is 12.9 Å². The molecular formula is C12H18BFO4. The molecule has 6 heteroatoms. The molecule has 0 bridgehead atoms. The van der Waals surface area contributed by atoms with Crippen LogP contribution in [0.2, 0.25) is 0 Å². The molecule has 0 saturated carbocycles. The summed E-state index contributed by atoms with van der Waals surface area (Å²) in [6.45, 7) is 4.26. The molecule has 0 atom stereocenters. The number of hydrogen-bond acceptors (Lipinski definition) is 4. The minimum absolute atomic E-state index is 0.167. The molecule has 1 aromatic carbocycles. The lowest BCUT2D eigenvalue weighted by Gasteiger charge is -2.22. The zero-order valence-corrected chi connectivity index (χ0v) is 10.8. The van der Waals surface area contributed by atoms with Crippen molar-refractivity contribution in [2.45, 2.75) is 25.9 Å². The van der Waals surface area contributed by atoms with Crippen LogP contribution in [0.15, 0.2) is 18.2 Å². The van der Waals surface area contributed by atoms with Gasteiger partial charge in [0.2, 0.25) is 0 Å². The lowest BCUT2D eigenvalue weighted by Crippen LogP contribution is -2.32. The van der Waals surface area contributed by atoms with Crippen molar-refractivity contribution in [2.75, 3.05) is 13.7 Å². The van der Waals surface area contributed by atoms with Gasteiger partial charge in [0.05, 0.1) is 12.2 Å². The average molecular weight is 256 g/mol. The summed E-state index contributed by atoms with van der Waals surface area (Å²) in [5, 5.41) is 17.7.